The summed E-state index contributed by atoms with van der Waals surface area (Å²) < 4.78 is 0. The number of pyridine rings is 1. The number of hydrogen-bond donors (Lipinski definition) is 2. The molecular weight excluding hydrogens is 358 g/mol. The Morgan fingerprint density at radius 2 is 1.59 bits per heavy atom. The maximum Gasteiger partial charge on any atom is 0.255 e. The van der Waals surface area contributed by atoms with Crippen molar-refractivity contribution in [1.29, 1.82) is 0 Å². The van der Waals surface area contributed by atoms with E-state index >= 15 is 0 Å². The fourth-order valence-corrected chi connectivity index (χ4v) is 3.23. The van der Waals surface area contributed by atoms with Gasteiger partial charge in [0.05, 0.1) is 0 Å². The van der Waals surface area contributed by atoms with Crippen LogP contribution >= 0.6 is 11.8 Å². The Balaban J connectivity index is 1.55. The predicted molar refractivity (Wildman–Crippen MR) is 109 cm³/mol. The van der Waals surface area contributed by atoms with Crippen molar-refractivity contribution in [2.45, 2.75) is 17.6 Å². The van der Waals surface area contributed by atoms with E-state index in [2.05, 4.69) is 15.6 Å². The fraction of sp³-hybridized carbons (Fsp3) is 0.0952. The van der Waals surface area contributed by atoms with E-state index < -0.39 is 0 Å². The van der Waals surface area contributed by atoms with Gasteiger partial charge in [0.2, 0.25) is 5.91 Å². The average Bonchev–Trinajstić information content (AvgIpc) is 2.68. The van der Waals surface area contributed by atoms with Crippen LogP contribution in [0.2, 0.25) is 0 Å². The number of nitrogens with zero attached hydrogens (tertiary/aromatic N) is 1. The molecule has 0 aliphatic heterocycles. The third-order valence-corrected chi connectivity index (χ3v) is 4.79. The summed E-state index contributed by atoms with van der Waals surface area (Å²) in [5.74, 6) is 0.508. The number of benzene rings is 2. The second-order valence-corrected chi connectivity index (χ2v) is 6.94. The van der Waals surface area contributed by atoms with Gasteiger partial charge in [0.25, 0.3) is 5.91 Å². The number of carbonyl (C=O) groups excluding carboxylic acids is 2. The summed E-state index contributed by atoms with van der Waals surface area (Å²) in [6.07, 6.45) is 3.62. The number of anilines is 2. The first-order valence-corrected chi connectivity index (χ1v) is 9.39. The van der Waals surface area contributed by atoms with Gasteiger partial charge in [-0.3, -0.25) is 14.6 Å². The first-order chi connectivity index (χ1) is 13.1. The normalized spacial score (nSPS) is 10.3. The van der Waals surface area contributed by atoms with Crippen LogP contribution in [0.5, 0.6) is 0 Å². The SMILES string of the molecule is CC(=O)Nc1ccc(C(=O)Nc2ccc(SCc3cccnc3)cc2)cc1. The maximum atomic E-state index is 12.3. The molecule has 3 rings (SSSR count). The van der Waals surface area contributed by atoms with Crippen molar-refractivity contribution in [1.82, 2.24) is 4.98 Å². The summed E-state index contributed by atoms with van der Waals surface area (Å²) in [4.78, 5) is 28.6. The van der Waals surface area contributed by atoms with Crippen LogP contribution in [0, 0.1) is 0 Å². The molecule has 3 aromatic rings. The highest BCUT2D eigenvalue weighted by atomic mass is 32.2. The van der Waals surface area contributed by atoms with Gasteiger partial charge in [-0.25, -0.2) is 0 Å². The largest absolute Gasteiger partial charge is 0.326 e. The lowest BCUT2D eigenvalue weighted by Gasteiger charge is -2.08. The van der Waals surface area contributed by atoms with Gasteiger partial charge in [0.1, 0.15) is 0 Å². The Kier molecular flexibility index (Phi) is 6.22. The monoisotopic (exact) mass is 377 g/mol. The predicted octanol–water partition coefficient (Wildman–Crippen LogP) is 4.58. The van der Waals surface area contributed by atoms with E-state index in [-0.39, 0.29) is 11.8 Å². The van der Waals surface area contributed by atoms with Crippen molar-refractivity contribution in [2.24, 2.45) is 0 Å². The van der Waals surface area contributed by atoms with Crippen LogP contribution in [0.3, 0.4) is 0 Å². The first kappa shape index (κ1) is 18.7. The van der Waals surface area contributed by atoms with Crippen LogP contribution in [0.4, 0.5) is 11.4 Å². The Hall–Kier alpha value is -3.12. The van der Waals surface area contributed by atoms with E-state index in [0.29, 0.717) is 11.3 Å². The Morgan fingerprint density at radius 3 is 2.22 bits per heavy atom. The second-order valence-electron chi connectivity index (χ2n) is 5.89. The molecule has 0 unspecified atom stereocenters. The Labute approximate surface area is 162 Å². The van der Waals surface area contributed by atoms with Gasteiger partial charge < -0.3 is 10.6 Å². The number of carbonyl (C=O) groups is 2. The van der Waals surface area contributed by atoms with E-state index in [1.807, 2.05) is 42.6 Å². The summed E-state index contributed by atoms with van der Waals surface area (Å²) in [5, 5.41) is 5.55. The molecule has 2 amide bonds. The van der Waals surface area contributed by atoms with Gasteiger partial charge in [-0.1, -0.05) is 6.07 Å². The summed E-state index contributed by atoms with van der Waals surface area (Å²) in [5.41, 5.74) is 3.09. The lowest BCUT2D eigenvalue weighted by Crippen LogP contribution is -2.12. The van der Waals surface area contributed by atoms with Gasteiger partial charge in [-0.05, 0) is 60.2 Å². The summed E-state index contributed by atoms with van der Waals surface area (Å²) in [7, 11) is 0. The average molecular weight is 377 g/mol. The molecule has 0 spiro atoms. The molecule has 0 saturated carbocycles. The molecule has 6 heteroatoms. The summed E-state index contributed by atoms with van der Waals surface area (Å²) in [6.45, 7) is 1.44. The molecule has 2 aromatic carbocycles. The van der Waals surface area contributed by atoms with E-state index in [0.717, 1.165) is 16.3 Å². The highest BCUT2D eigenvalue weighted by Crippen LogP contribution is 2.24. The van der Waals surface area contributed by atoms with E-state index in [4.69, 9.17) is 0 Å². The zero-order chi connectivity index (χ0) is 19.1. The topological polar surface area (TPSA) is 71.1 Å². The van der Waals surface area contributed by atoms with E-state index in [1.165, 1.54) is 12.5 Å². The number of aromatic nitrogens is 1. The fourth-order valence-electron chi connectivity index (χ4n) is 2.40. The van der Waals surface area contributed by atoms with Crippen molar-refractivity contribution in [3.63, 3.8) is 0 Å². The van der Waals surface area contributed by atoms with Crippen LogP contribution in [-0.2, 0) is 10.5 Å². The molecule has 136 valence electrons. The molecule has 0 saturated heterocycles. The van der Waals surface area contributed by atoms with Crippen LogP contribution in [-0.4, -0.2) is 16.8 Å². The standard InChI is InChI=1S/C21H19N3O2S/c1-15(25)23-18-6-4-17(5-7-18)21(26)24-19-8-10-20(11-9-19)27-14-16-3-2-12-22-13-16/h2-13H,14H2,1H3,(H,23,25)(H,24,26). The number of rotatable bonds is 6. The van der Waals surface area contributed by atoms with Crippen molar-refractivity contribution in [2.75, 3.05) is 10.6 Å². The van der Waals surface area contributed by atoms with Crippen molar-refractivity contribution >= 4 is 35.0 Å². The van der Waals surface area contributed by atoms with Gasteiger partial charge >= 0.3 is 0 Å². The minimum Gasteiger partial charge on any atom is -0.326 e. The summed E-state index contributed by atoms with van der Waals surface area (Å²) in [6, 6.07) is 18.5. The minimum atomic E-state index is -0.194. The quantitative estimate of drug-likeness (QED) is 0.617. The lowest BCUT2D eigenvalue weighted by molar-refractivity contribution is -0.114. The van der Waals surface area contributed by atoms with E-state index in [9.17, 15) is 9.59 Å². The van der Waals surface area contributed by atoms with Crippen molar-refractivity contribution in [3.05, 3.63) is 84.2 Å². The van der Waals surface area contributed by atoms with Gasteiger partial charge in [0, 0.05) is 46.9 Å². The van der Waals surface area contributed by atoms with Gasteiger partial charge in [-0.15, -0.1) is 11.8 Å². The highest BCUT2D eigenvalue weighted by Gasteiger charge is 2.07. The first-order valence-electron chi connectivity index (χ1n) is 8.41. The number of amides is 2. The van der Waals surface area contributed by atoms with Crippen LogP contribution in [0.1, 0.15) is 22.8 Å². The van der Waals surface area contributed by atoms with Crippen molar-refractivity contribution in [3.8, 4) is 0 Å². The molecular formula is C21H19N3O2S. The molecule has 0 atom stereocenters. The number of hydrogen-bond acceptors (Lipinski definition) is 4. The molecule has 0 bridgehead atoms. The minimum absolute atomic E-state index is 0.145. The third kappa shape index (κ3) is 5.69. The van der Waals surface area contributed by atoms with Crippen molar-refractivity contribution < 1.29 is 9.59 Å². The molecule has 0 fully saturated rings. The maximum absolute atomic E-state index is 12.3. The molecule has 0 radical (unpaired) electrons. The Bertz CT molecular complexity index is 910. The third-order valence-electron chi connectivity index (χ3n) is 3.71. The summed E-state index contributed by atoms with van der Waals surface area (Å²) >= 11 is 1.72. The molecule has 2 N–H and O–H groups in total. The van der Waals surface area contributed by atoms with Gasteiger partial charge in [-0.2, -0.15) is 0 Å². The molecule has 27 heavy (non-hydrogen) atoms. The zero-order valence-corrected chi connectivity index (χ0v) is 15.6. The molecule has 0 aliphatic rings. The second kappa shape index (κ2) is 9.00. The van der Waals surface area contributed by atoms with Crippen LogP contribution in [0.25, 0.3) is 0 Å². The lowest BCUT2D eigenvalue weighted by atomic mass is 10.2. The van der Waals surface area contributed by atoms with Crippen LogP contribution in [0.15, 0.2) is 78.0 Å². The van der Waals surface area contributed by atoms with E-state index in [1.54, 1.807) is 42.2 Å². The zero-order valence-electron chi connectivity index (χ0n) is 14.8. The smallest absolute Gasteiger partial charge is 0.255 e. The highest BCUT2D eigenvalue weighted by molar-refractivity contribution is 7.98. The van der Waals surface area contributed by atoms with Crippen LogP contribution < -0.4 is 10.6 Å². The Morgan fingerprint density at radius 1 is 0.926 bits per heavy atom. The van der Waals surface area contributed by atoms with Gasteiger partial charge in [0.15, 0.2) is 0 Å². The molecule has 0 aliphatic carbocycles. The number of nitrogens with one attached hydrogen (secondary N) is 2. The molecule has 5 nitrogen and oxygen atoms in total. The number of thioether (sulfide) groups is 1. The molecule has 1 heterocycles. The molecule has 1 aromatic heterocycles.